The van der Waals surface area contributed by atoms with Crippen molar-refractivity contribution >= 4 is 22.2 Å². The summed E-state index contributed by atoms with van der Waals surface area (Å²) >= 11 is 0. The lowest BCUT2D eigenvalue weighted by Gasteiger charge is -2.10. The van der Waals surface area contributed by atoms with Gasteiger partial charge in [0.15, 0.2) is 5.65 Å². The van der Waals surface area contributed by atoms with Gasteiger partial charge in [0.2, 0.25) is 0 Å². The van der Waals surface area contributed by atoms with Gasteiger partial charge in [0.1, 0.15) is 0 Å². The van der Waals surface area contributed by atoms with Crippen molar-refractivity contribution in [2.45, 2.75) is 53.0 Å². The zero-order valence-electron chi connectivity index (χ0n) is 17.7. The number of aromatic nitrogens is 3. The van der Waals surface area contributed by atoms with Crippen LogP contribution in [0.25, 0.3) is 22.2 Å². The maximum Gasteiger partial charge on any atom is 0.159 e. The Labute approximate surface area is 173 Å². The number of unbranched alkanes of at least 4 members (excludes halogenated alkanes) is 1. The van der Waals surface area contributed by atoms with Crippen LogP contribution >= 0.6 is 0 Å². The monoisotopic (exact) mass is 383 g/mol. The summed E-state index contributed by atoms with van der Waals surface area (Å²) < 4.78 is 2.10. The first-order valence-corrected chi connectivity index (χ1v) is 10.5. The molecule has 4 rings (SSSR count). The standard InChI is InChI=1S/C26H29N3/c1-18(2)23-17-24(22-14-7-8-15-22)27-26-25(23)20(4)28-29(26)16-10-9-13-21-12-6-5-11-19(21)3/h5-8,11-12,14,17H,1,9-10,13,15-16H2,2-4H3. The summed E-state index contributed by atoms with van der Waals surface area (Å²) in [5.74, 6) is 0. The summed E-state index contributed by atoms with van der Waals surface area (Å²) in [5, 5.41) is 5.99. The van der Waals surface area contributed by atoms with E-state index in [0.29, 0.717) is 0 Å². The van der Waals surface area contributed by atoms with E-state index in [2.05, 4.69) is 80.6 Å². The smallest absolute Gasteiger partial charge is 0.159 e. The van der Waals surface area contributed by atoms with Gasteiger partial charge in [-0.1, -0.05) is 54.6 Å². The van der Waals surface area contributed by atoms with Gasteiger partial charge in [-0.05, 0) is 74.8 Å². The van der Waals surface area contributed by atoms with Crippen LogP contribution in [0.4, 0.5) is 0 Å². The van der Waals surface area contributed by atoms with Gasteiger partial charge < -0.3 is 0 Å². The van der Waals surface area contributed by atoms with Crippen molar-refractivity contribution in [1.82, 2.24) is 14.8 Å². The lowest BCUT2D eigenvalue weighted by Crippen LogP contribution is -2.04. The minimum atomic E-state index is 0.888. The summed E-state index contributed by atoms with van der Waals surface area (Å²) in [7, 11) is 0. The number of fused-ring (bicyclic) bond motifs is 1. The van der Waals surface area contributed by atoms with Crippen LogP contribution in [-0.4, -0.2) is 14.8 Å². The molecule has 0 saturated carbocycles. The van der Waals surface area contributed by atoms with Gasteiger partial charge in [-0.2, -0.15) is 5.10 Å². The van der Waals surface area contributed by atoms with Gasteiger partial charge in [0.05, 0.1) is 11.4 Å². The Morgan fingerprint density at radius 3 is 2.72 bits per heavy atom. The maximum absolute atomic E-state index is 5.02. The van der Waals surface area contributed by atoms with E-state index in [1.165, 1.54) is 22.3 Å². The predicted octanol–water partition coefficient (Wildman–Crippen LogP) is 6.45. The molecule has 3 aromatic rings. The SMILES string of the molecule is C=C(C)c1cc(C2=CC=CC2)nc2c1c(C)nn2CCCCc1ccccc1C. The number of pyridine rings is 1. The average Bonchev–Trinajstić information content (AvgIpc) is 3.34. The van der Waals surface area contributed by atoms with Crippen molar-refractivity contribution in [1.29, 1.82) is 0 Å². The third kappa shape index (κ3) is 3.95. The minimum Gasteiger partial charge on any atom is -0.247 e. The highest BCUT2D eigenvalue weighted by Crippen LogP contribution is 2.31. The second kappa shape index (κ2) is 8.20. The summed E-state index contributed by atoms with van der Waals surface area (Å²) in [6, 6.07) is 10.8. The maximum atomic E-state index is 5.02. The summed E-state index contributed by atoms with van der Waals surface area (Å²) in [5.41, 5.74) is 9.38. The third-order valence-electron chi connectivity index (χ3n) is 5.76. The fourth-order valence-corrected chi connectivity index (χ4v) is 4.12. The molecule has 0 aliphatic heterocycles. The Balaban J connectivity index is 1.59. The normalized spacial score (nSPS) is 13.3. The quantitative estimate of drug-likeness (QED) is 0.439. The van der Waals surface area contributed by atoms with Crippen LogP contribution < -0.4 is 0 Å². The van der Waals surface area contributed by atoms with E-state index in [-0.39, 0.29) is 0 Å². The topological polar surface area (TPSA) is 30.7 Å². The second-order valence-corrected chi connectivity index (χ2v) is 8.05. The summed E-state index contributed by atoms with van der Waals surface area (Å²) in [4.78, 5) is 5.02. The molecule has 0 amide bonds. The van der Waals surface area contributed by atoms with E-state index < -0.39 is 0 Å². The molecular weight excluding hydrogens is 354 g/mol. The Morgan fingerprint density at radius 1 is 1.17 bits per heavy atom. The number of rotatable bonds is 7. The molecule has 1 aliphatic carbocycles. The fourth-order valence-electron chi connectivity index (χ4n) is 4.12. The van der Waals surface area contributed by atoms with E-state index in [1.807, 2.05) is 0 Å². The highest BCUT2D eigenvalue weighted by atomic mass is 15.3. The van der Waals surface area contributed by atoms with Crippen LogP contribution in [0.3, 0.4) is 0 Å². The highest BCUT2D eigenvalue weighted by Gasteiger charge is 2.17. The van der Waals surface area contributed by atoms with Crippen LogP contribution in [0.2, 0.25) is 0 Å². The number of benzene rings is 1. The van der Waals surface area contributed by atoms with Crippen LogP contribution in [0.5, 0.6) is 0 Å². The molecule has 0 saturated heterocycles. The first kappa shape index (κ1) is 19.4. The molecule has 0 radical (unpaired) electrons. The highest BCUT2D eigenvalue weighted by molar-refractivity contribution is 5.93. The number of allylic oxidation sites excluding steroid dienone is 5. The Kier molecular flexibility index (Phi) is 5.48. The number of hydrogen-bond acceptors (Lipinski definition) is 2. The first-order chi connectivity index (χ1) is 14.0. The molecule has 148 valence electrons. The molecule has 0 fully saturated rings. The van der Waals surface area contributed by atoms with Crippen molar-refractivity contribution in [3.05, 3.63) is 83.2 Å². The zero-order valence-corrected chi connectivity index (χ0v) is 17.7. The van der Waals surface area contributed by atoms with Crippen molar-refractivity contribution in [3.63, 3.8) is 0 Å². The van der Waals surface area contributed by atoms with E-state index in [0.717, 1.165) is 60.2 Å². The molecule has 29 heavy (non-hydrogen) atoms. The molecule has 0 N–H and O–H groups in total. The molecule has 1 aromatic carbocycles. The van der Waals surface area contributed by atoms with Crippen molar-refractivity contribution in [3.8, 4) is 0 Å². The first-order valence-electron chi connectivity index (χ1n) is 10.5. The summed E-state index contributed by atoms with van der Waals surface area (Å²) in [6.45, 7) is 11.4. The van der Waals surface area contributed by atoms with Gasteiger partial charge in [0, 0.05) is 11.9 Å². The molecule has 2 heterocycles. The van der Waals surface area contributed by atoms with E-state index in [1.54, 1.807) is 0 Å². The van der Waals surface area contributed by atoms with Crippen molar-refractivity contribution < 1.29 is 0 Å². The number of hydrogen-bond donors (Lipinski definition) is 0. The number of aryl methyl sites for hydroxylation is 4. The predicted molar refractivity (Wildman–Crippen MR) is 123 cm³/mol. The molecule has 3 nitrogen and oxygen atoms in total. The molecule has 0 spiro atoms. The third-order valence-corrected chi connectivity index (χ3v) is 5.76. The molecule has 1 aliphatic rings. The Bertz CT molecular complexity index is 1130. The number of nitrogens with zero attached hydrogens (tertiary/aromatic N) is 3. The van der Waals surface area contributed by atoms with Gasteiger partial charge in [-0.15, -0.1) is 0 Å². The molecule has 0 bridgehead atoms. The molecular formula is C26H29N3. The van der Waals surface area contributed by atoms with Crippen LogP contribution in [0, 0.1) is 13.8 Å². The van der Waals surface area contributed by atoms with Crippen molar-refractivity contribution in [2.75, 3.05) is 0 Å². The molecule has 0 atom stereocenters. The minimum absolute atomic E-state index is 0.888. The molecule has 3 heteroatoms. The van der Waals surface area contributed by atoms with E-state index in [9.17, 15) is 0 Å². The van der Waals surface area contributed by atoms with Crippen molar-refractivity contribution in [2.24, 2.45) is 0 Å². The van der Waals surface area contributed by atoms with Crippen LogP contribution in [-0.2, 0) is 13.0 Å². The van der Waals surface area contributed by atoms with E-state index >= 15 is 0 Å². The Hall–Kier alpha value is -2.94. The van der Waals surface area contributed by atoms with Gasteiger partial charge in [0.25, 0.3) is 0 Å². The Morgan fingerprint density at radius 2 is 2.00 bits per heavy atom. The average molecular weight is 384 g/mol. The second-order valence-electron chi connectivity index (χ2n) is 8.05. The largest absolute Gasteiger partial charge is 0.247 e. The molecule has 0 unspecified atom stereocenters. The lowest BCUT2D eigenvalue weighted by molar-refractivity contribution is 0.565. The van der Waals surface area contributed by atoms with Gasteiger partial charge in [-0.25, -0.2) is 9.67 Å². The molecule has 2 aromatic heterocycles. The van der Waals surface area contributed by atoms with E-state index in [4.69, 9.17) is 10.1 Å². The fraction of sp³-hybridized carbons (Fsp3) is 0.308. The summed E-state index contributed by atoms with van der Waals surface area (Å²) in [6.07, 6.45) is 10.7. The lowest BCUT2D eigenvalue weighted by atomic mass is 10.0. The van der Waals surface area contributed by atoms with Gasteiger partial charge >= 0.3 is 0 Å². The zero-order chi connectivity index (χ0) is 20.4. The van der Waals surface area contributed by atoms with Gasteiger partial charge in [-0.3, -0.25) is 0 Å². The van der Waals surface area contributed by atoms with Crippen LogP contribution in [0.1, 0.15) is 54.3 Å². The van der Waals surface area contributed by atoms with Crippen LogP contribution in [0.15, 0.2) is 55.1 Å².